The molecule has 0 fully saturated rings. The summed E-state index contributed by atoms with van der Waals surface area (Å²) in [5.74, 6) is 0. The van der Waals surface area contributed by atoms with Gasteiger partial charge in [0.2, 0.25) is 0 Å². The second kappa shape index (κ2) is 6.76. The third kappa shape index (κ3) is 3.64. The van der Waals surface area contributed by atoms with Gasteiger partial charge in [0.1, 0.15) is 0 Å². The first-order valence-electron chi connectivity index (χ1n) is 7.82. The van der Waals surface area contributed by atoms with Crippen molar-refractivity contribution in [3.05, 3.63) is 48.0 Å². The Bertz CT molecular complexity index is 562. The molecule has 112 valence electrons. The summed E-state index contributed by atoms with van der Waals surface area (Å²) in [7, 11) is 2.19. The van der Waals surface area contributed by atoms with Crippen molar-refractivity contribution in [2.75, 3.05) is 25.0 Å². The Balaban J connectivity index is 1.45. The summed E-state index contributed by atoms with van der Waals surface area (Å²) in [5, 5.41) is 3.53. The lowest BCUT2D eigenvalue weighted by Crippen LogP contribution is -2.25. The molecular weight excluding hydrogens is 260 g/mol. The monoisotopic (exact) mass is 284 g/mol. The number of imidazole rings is 1. The van der Waals surface area contributed by atoms with Gasteiger partial charge >= 0.3 is 0 Å². The zero-order chi connectivity index (χ0) is 14.5. The van der Waals surface area contributed by atoms with Crippen molar-refractivity contribution in [2.24, 2.45) is 0 Å². The maximum Gasteiger partial charge on any atom is 0.0945 e. The van der Waals surface area contributed by atoms with Crippen LogP contribution in [-0.4, -0.2) is 29.7 Å². The van der Waals surface area contributed by atoms with E-state index in [2.05, 4.69) is 45.0 Å². The van der Waals surface area contributed by atoms with Crippen LogP contribution < -0.4 is 10.2 Å². The minimum absolute atomic E-state index is 0.959. The molecule has 1 aliphatic heterocycles. The van der Waals surface area contributed by atoms with E-state index in [1.807, 2.05) is 18.7 Å². The van der Waals surface area contributed by atoms with E-state index in [1.165, 1.54) is 36.2 Å². The minimum atomic E-state index is 0.959. The van der Waals surface area contributed by atoms with Crippen molar-refractivity contribution in [3.8, 4) is 0 Å². The molecule has 0 amide bonds. The fourth-order valence-corrected chi connectivity index (χ4v) is 2.99. The summed E-state index contributed by atoms with van der Waals surface area (Å²) in [6, 6.07) is 6.90. The summed E-state index contributed by atoms with van der Waals surface area (Å²) in [5.41, 5.74) is 4.30. The van der Waals surface area contributed by atoms with E-state index in [9.17, 15) is 0 Å². The van der Waals surface area contributed by atoms with Crippen molar-refractivity contribution >= 4 is 5.69 Å². The predicted molar refractivity (Wildman–Crippen MR) is 86.6 cm³/mol. The number of hydrogen-bond donors (Lipinski definition) is 1. The summed E-state index contributed by atoms with van der Waals surface area (Å²) in [6.45, 7) is 4.21. The van der Waals surface area contributed by atoms with Crippen LogP contribution in [0.4, 0.5) is 5.69 Å². The van der Waals surface area contributed by atoms with Crippen LogP contribution in [-0.2, 0) is 19.5 Å². The lowest BCUT2D eigenvalue weighted by atomic mass is 9.99. The molecule has 0 aliphatic carbocycles. The van der Waals surface area contributed by atoms with Gasteiger partial charge in [-0.05, 0) is 43.0 Å². The normalized spacial score (nSPS) is 14.2. The Morgan fingerprint density at radius 1 is 1.33 bits per heavy atom. The SMILES string of the molecule is CN1CCCc2cc(CNCCCn3ccnc3)ccc21. The van der Waals surface area contributed by atoms with E-state index in [0.717, 1.165) is 26.1 Å². The van der Waals surface area contributed by atoms with Gasteiger partial charge in [-0.25, -0.2) is 4.98 Å². The van der Waals surface area contributed by atoms with Gasteiger partial charge in [-0.1, -0.05) is 12.1 Å². The number of benzene rings is 1. The van der Waals surface area contributed by atoms with E-state index in [4.69, 9.17) is 0 Å². The molecule has 0 saturated carbocycles. The summed E-state index contributed by atoms with van der Waals surface area (Å²) >= 11 is 0. The maximum atomic E-state index is 4.05. The van der Waals surface area contributed by atoms with Gasteiger partial charge in [0.05, 0.1) is 6.33 Å². The number of nitrogens with one attached hydrogen (secondary N) is 1. The van der Waals surface area contributed by atoms with Crippen LogP contribution in [0, 0.1) is 0 Å². The molecule has 0 unspecified atom stereocenters. The van der Waals surface area contributed by atoms with Crippen molar-refractivity contribution < 1.29 is 0 Å². The van der Waals surface area contributed by atoms with Crippen molar-refractivity contribution in [1.29, 1.82) is 0 Å². The molecule has 0 atom stereocenters. The molecule has 1 N–H and O–H groups in total. The average Bonchev–Trinajstić information content (AvgIpc) is 3.00. The van der Waals surface area contributed by atoms with E-state index in [-0.39, 0.29) is 0 Å². The standard InChI is InChI=1S/C17H24N4/c1-20-9-2-4-16-12-15(5-6-17(16)20)13-18-7-3-10-21-11-8-19-14-21/h5-6,8,11-12,14,18H,2-4,7,9-10,13H2,1H3. The lowest BCUT2D eigenvalue weighted by Gasteiger charge is -2.27. The predicted octanol–water partition coefficient (Wildman–Crippen LogP) is 2.45. The third-order valence-electron chi connectivity index (χ3n) is 4.15. The maximum absolute atomic E-state index is 4.05. The van der Waals surface area contributed by atoms with Crippen molar-refractivity contribution in [1.82, 2.24) is 14.9 Å². The Hall–Kier alpha value is -1.81. The molecule has 0 spiro atoms. The Morgan fingerprint density at radius 3 is 3.14 bits per heavy atom. The molecular formula is C17H24N4. The van der Waals surface area contributed by atoms with Crippen molar-refractivity contribution in [2.45, 2.75) is 32.4 Å². The van der Waals surface area contributed by atoms with Gasteiger partial charge in [0.25, 0.3) is 0 Å². The first-order valence-corrected chi connectivity index (χ1v) is 7.82. The van der Waals surface area contributed by atoms with Gasteiger partial charge in [-0.2, -0.15) is 0 Å². The lowest BCUT2D eigenvalue weighted by molar-refractivity contribution is 0.580. The minimum Gasteiger partial charge on any atom is -0.374 e. The van der Waals surface area contributed by atoms with Crippen LogP contribution in [0.3, 0.4) is 0 Å². The Kier molecular flexibility index (Phi) is 4.55. The molecule has 1 aromatic carbocycles. The zero-order valence-electron chi connectivity index (χ0n) is 12.8. The topological polar surface area (TPSA) is 33.1 Å². The van der Waals surface area contributed by atoms with E-state index >= 15 is 0 Å². The van der Waals surface area contributed by atoms with Gasteiger partial charge in [-0.15, -0.1) is 0 Å². The van der Waals surface area contributed by atoms with Crippen LogP contribution in [0.2, 0.25) is 0 Å². The van der Waals surface area contributed by atoms with Gasteiger partial charge in [-0.3, -0.25) is 0 Å². The van der Waals surface area contributed by atoms with Crippen LogP contribution in [0.5, 0.6) is 0 Å². The highest BCUT2D eigenvalue weighted by atomic mass is 15.1. The molecule has 0 saturated heterocycles. The first-order chi connectivity index (χ1) is 10.3. The highest BCUT2D eigenvalue weighted by molar-refractivity contribution is 5.56. The molecule has 21 heavy (non-hydrogen) atoms. The van der Waals surface area contributed by atoms with Gasteiger partial charge in [0, 0.05) is 44.8 Å². The highest BCUT2D eigenvalue weighted by Crippen LogP contribution is 2.26. The fourth-order valence-electron chi connectivity index (χ4n) is 2.99. The molecule has 0 bridgehead atoms. The van der Waals surface area contributed by atoms with E-state index in [0.29, 0.717) is 0 Å². The fraction of sp³-hybridized carbons (Fsp3) is 0.471. The second-order valence-corrected chi connectivity index (χ2v) is 5.82. The molecule has 0 radical (unpaired) electrons. The molecule has 4 nitrogen and oxygen atoms in total. The number of anilines is 1. The van der Waals surface area contributed by atoms with Crippen LogP contribution in [0.1, 0.15) is 24.0 Å². The van der Waals surface area contributed by atoms with Crippen LogP contribution >= 0.6 is 0 Å². The first kappa shape index (κ1) is 14.1. The Morgan fingerprint density at radius 2 is 2.29 bits per heavy atom. The molecule has 4 heteroatoms. The third-order valence-corrected chi connectivity index (χ3v) is 4.15. The molecule has 2 heterocycles. The van der Waals surface area contributed by atoms with Crippen LogP contribution in [0.25, 0.3) is 0 Å². The Labute approximate surface area is 126 Å². The molecule has 1 aromatic heterocycles. The number of aromatic nitrogens is 2. The second-order valence-electron chi connectivity index (χ2n) is 5.82. The van der Waals surface area contributed by atoms with E-state index < -0.39 is 0 Å². The molecule has 2 aromatic rings. The van der Waals surface area contributed by atoms with Crippen LogP contribution in [0.15, 0.2) is 36.9 Å². The summed E-state index contributed by atoms with van der Waals surface area (Å²) < 4.78 is 2.12. The van der Waals surface area contributed by atoms with E-state index in [1.54, 1.807) is 0 Å². The smallest absolute Gasteiger partial charge is 0.0945 e. The summed E-state index contributed by atoms with van der Waals surface area (Å²) in [6.07, 6.45) is 9.33. The highest BCUT2D eigenvalue weighted by Gasteiger charge is 2.13. The number of nitrogens with zero attached hydrogens (tertiary/aromatic N) is 3. The number of fused-ring (bicyclic) bond motifs is 1. The zero-order valence-corrected chi connectivity index (χ0v) is 12.8. The number of hydrogen-bond acceptors (Lipinski definition) is 3. The molecule has 1 aliphatic rings. The average molecular weight is 284 g/mol. The number of aryl methyl sites for hydroxylation is 2. The van der Waals surface area contributed by atoms with Gasteiger partial charge in [0.15, 0.2) is 0 Å². The van der Waals surface area contributed by atoms with Crippen molar-refractivity contribution in [3.63, 3.8) is 0 Å². The quantitative estimate of drug-likeness (QED) is 0.827. The largest absolute Gasteiger partial charge is 0.374 e. The summed E-state index contributed by atoms with van der Waals surface area (Å²) in [4.78, 5) is 6.42. The van der Waals surface area contributed by atoms with Gasteiger partial charge < -0.3 is 14.8 Å². The number of rotatable bonds is 6. The molecule has 3 rings (SSSR count).